The van der Waals surface area contributed by atoms with Gasteiger partial charge in [0.1, 0.15) is 5.82 Å². The number of hydrogen-bond donors (Lipinski definition) is 2. The van der Waals surface area contributed by atoms with Crippen LogP contribution in [0.1, 0.15) is 57.2 Å². The Morgan fingerprint density at radius 1 is 1.18 bits per heavy atom. The topological polar surface area (TPSA) is 24.1 Å². The SMILES string of the molecule is Cc1cc(F)ccc1C1CC2C(NN1)[C@@]1(C)CC[C@H]2C1(C)C. The highest BCUT2D eigenvalue weighted by Crippen LogP contribution is 2.69. The molecule has 2 nitrogen and oxygen atoms in total. The lowest BCUT2D eigenvalue weighted by molar-refractivity contribution is 0.0804. The Morgan fingerprint density at radius 3 is 2.68 bits per heavy atom. The van der Waals surface area contributed by atoms with E-state index in [1.807, 2.05) is 13.0 Å². The van der Waals surface area contributed by atoms with E-state index in [9.17, 15) is 4.39 Å². The van der Waals surface area contributed by atoms with Gasteiger partial charge in [-0.05, 0) is 72.1 Å². The average molecular weight is 302 g/mol. The molecule has 2 aliphatic carbocycles. The van der Waals surface area contributed by atoms with Crippen LogP contribution < -0.4 is 10.9 Å². The van der Waals surface area contributed by atoms with Crippen molar-refractivity contribution in [1.82, 2.24) is 10.9 Å². The highest BCUT2D eigenvalue weighted by atomic mass is 19.1. The minimum absolute atomic E-state index is 0.142. The van der Waals surface area contributed by atoms with Crippen LogP contribution in [0.2, 0.25) is 0 Å². The summed E-state index contributed by atoms with van der Waals surface area (Å²) in [5, 5.41) is 0. The first-order chi connectivity index (χ1) is 10.3. The van der Waals surface area contributed by atoms with Gasteiger partial charge in [-0.15, -0.1) is 0 Å². The van der Waals surface area contributed by atoms with Crippen molar-refractivity contribution in [1.29, 1.82) is 0 Å². The molecule has 3 unspecified atom stereocenters. The van der Waals surface area contributed by atoms with Crippen molar-refractivity contribution in [2.45, 2.75) is 59.0 Å². The second-order valence-corrected chi connectivity index (χ2v) is 8.50. The molecule has 3 aliphatic rings. The van der Waals surface area contributed by atoms with Gasteiger partial charge in [0.25, 0.3) is 0 Å². The largest absolute Gasteiger partial charge is 0.253 e. The summed E-state index contributed by atoms with van der Waals surface area (Å²) in [5.41, 5.74) is 10.3. The van der Waals surface area contributed by atoms with Gasteiger partial charge in [-0.2, -0.15) is 0 Å². The molecule has 0 amide bonds. The molecule has 2 N–H and O–H groups in total. The summed E-state index contributed by atoms with van der Waals surface area (Å²) in [7, 11) is 0. The highest BCUT2D eigenvalue weighted by molar-refractivity contribution is 5.31. The summed E-state index contributed by atoms with van der Waals surface area (Å²) in [5.74, 6) is 1.39. The molecule has 3 heteroatoms. The normalized spacial score (nSPS) is 42.4. The molecule has 22 heavy (non-hydrogen) atoms. The molecule has 1 saturated heterocycles. The van der Waals surface area contributed by atoms with Crippen molar-refractivity contribution >= 4 is 0 Å². The van der Waals surface area contributed by atoms with Gasteiger partial charge in [-0.25, -0.2) is 4.39 Å². The van der Waals surface area contributed by atoms with E-state index in [0.29, 0.717) is 22.9 Å². The van der Waals surface area contributed by atoms with Crippen LogP contribution in [0.3, 0.4) is 0 Å². The Morgan fingerprint density at radius 2 is 1.95 bits per heavy atom. The summed E-state index contributed by atoms with van der Waals surface area (Å²) in [6.45, 7) is 9.40. The monoisotopic (exact) mass is 302 g/mol. The van der Waals surface area contributed by atoms with Crippen LogP contribution in [0.25, 0.3) is 0 Å². The molecule has 1 heterocycles. The fourth-order valence-electron chi connectivity index (χ4n) is 5.90. The van der Waals surface area contributed by atoms with Gasteiger partial charge in [0.2, 0.25) is 0 Å². The van der Waals surface area contributed by atoms with E-state index in [4.69, 9.17) is 0 Å². The number of rotatable bonds is 1. The zero-order valence-corrected chi connectivity index (χ0v) is 14.0. The lowest BCUT2D eigenvalue weighted by atomic mass is 9.69. The third-order valence-electron chi connectivity index (χ3n) is 7.53. The Bertz CT molecular complexity index is 611. The van der Waals surface area contributed by atoms with E-state index in [-0.39, 0.29) is 5.82 Å². The maximum Gasteiger partial charge on any atom is 0.123 e. The second-order valence-electron chi connectivity index (χ2n) is 8.50. The van der Waals surface area contributed by atoms with Crippen molar-refractivity contribution < 1.29 is 4.39 Å². The molecular formula is C19H27FN2. The number of hydrazine groups is 1. The predicted molar refractivity (Wildman–Crippen MR) is 86.7 cm³/mol. The molecule has 0 spiro atoms. The molecule has 2 saturated carbocycles. The van der Waals surface area contributed by atoms with E-state index in [2.05, 4.69) is 31.6 Å². The maximum atomic E-state index is 13.4. The van der Waals surface area contributed by atoms with Crippen LogP contribution in [0, 0.1) is 35.4 Å². The zero-order chi connectivity index (χ0) is 15.7. The third-order valence-corrected chi connectivity index (χ3v) is 7.53. The van der Waals surface area contributed by atoms with Crippen LogP contribution in [0.5, 0.6) is 0 Å². The summed E-state index contributed by atoms with van der Waals surface area (Å²) in [4.78, 5) is 0. The Kier molecular flexibility index (Phi) is 3.03. The number of hydrogen-bond acceptors (Lipinski definition) is 2. The van der Waals surface area contributed by atoms with Crippen molar-refractivity contribution in [3.05, 3.63) is 35.1 Å². The molecule has 5 atom stereocenters. The van der Waals surface area contributed by atoms with E-state index < -0.39 is 0 Å². The maximum absolute atomic E-state index is 13.4. The molecule has 1 aliphatic heterocycles. The summed E-state index contributed by atoms with van der Waals surface area (Å²) in [6.07, 6.45) is 3.86. The molecular weight excluding hydrogens is 275 g/mol. The smallest absolute Gasteiger partial charge is 0.123 e. The Labute approximate surface area is 132 Å². The number of aryl methyl sites for hydroxylation is 1. The summed E-state index contributed by atoms with van der Waals surface area (Å²) < 4.78 is 13.4. The quantitative estimate of drug-likeness (QED) is 0.815. The molecule has 1 aromatic carbocycles. The molecule has 2 bridgehead atoms. The summed E-state index contributed by atoms with van der Waals surface area (Å²) >= 11 is 0. The second kappa shape index (κ2) is 4.55. The van der Waals surface area contributed by atoms with Crippen LogP contribution in [0.4, 0.5) is 4.39 Å². The van der Waals surface area contributed by atoms with Crippen LogP contribution in [-0.4, -0.2) is 6.04 Å². The number of halogens is 1. The van der Waals surface area contributed by atoms with Crippen molar-refractivity contribution in [2.24, 2.45) is 22.7 Å². The van der Waals surface area contributed by atoms with Gasteiger partial charge in [-0.1, -0.05) is 26.8 Å². The first-order valence-electron chi connectivity index (χ1n) is 8.62. The lowest BCUT2D eigenvalue weighted by Gasteiger charge is -2.45. The summed E-state index contributed by atoms with van der Waals surface area (Å²) in [6, 6.07) is 6.04. The molecule has 4 rings (SSSR count). The first kappa shape index (κ1) is 14.6. The fourth-order valence-corrected chi connectivity index (χ4v) is 5.90. The van der Waals surface area contributed by atoms with Gasteiger partial charge in [0.15, 0.2) is 0 Å². The van der Waals surface area contributed by atoms with Crippen molar-refractivity contribution in [2.75, 3.05) is 0 Å². The van der Waals surface area contributed by atoms with E-state index >= 15 is 0 Å². The van der Waals surface area contributed by atoms with Gasteiger partial charge in [-0.3, -0.25) is 10.9 Å². The van der Waals surface area contributed by atoms with Crippen molar-refractivity contribution in [3.63, 3.8) is 0 Å². The third kappa shape index (κ3) is 1.73. The molecule has 0 aromatic heterocycles. The minimum atomic E-state index is -0.142. The van der Waals surface area contributed by atoms with Gasteiger partial charge >= 0.3 is 0 Å². The first-order valence-corrected chi connectivity index (χ1v) is 8.62. The number of fused-ring (bicyclic) bond motifs is 5. The number of nitrogens with one attached hydrogen (secondary N) is 2. The van der Waals surface area contributed by atoms with Crippen molar-refractivity contribution in [3.8, 4) is 0 Å². The predicted octanol–water partition coefficient (Wildman–Crippen LogP) is 4.11. The van der Waals surface area contributed by atoms with Crippen LogP contribution >= 0.6 is 0 Å². The zero-order valence-electron chi connectivity index (χ0n) is 14.0. The highest BCUT2D eigenvalue weighted by Gasteiger charge is 2.66. The number of benzene rings is 1. The molecule has 1 aromatic rings. The average Bonchev–Trinajstić information content (AvgIpc) is 2.78. The lowest BCUT2D eigenvalue weighted by Crippen LogP contribution is -2.58. The van der Waals surface area contributed by atoms with Crippen LogP contribution in [-0.2, 0) is 0 Å². The van der Waals surface area contributed by atoms with E-state index in [1.54, 1.807) is 12.1 Å². The standard InChI is InChI=1S/C19H27FN2/c1-11-9-12(20)5-6-13(11)16-10-14-15-7-8-19(4,18(15,2)3)17(14)22-21-16/h5-6,9,14-17,21-22H,7-8,10H2,1-4H3/t14?,15-,16?,17?,19-/m1/s1. The Balaban J connectivity index is 1.63. The molecule has 120 valence electrons. The van der Waals surface area contributed by atoms with Gasteiger partial charge < -0.3 is 0 Å². The fraction of sp³-hybridized carbons (Fsp3) is 0.684. The minimum Gasteiger partial charge on any atom is -0.253 e. The molecule has 3 fully saturated rings. The van der Waals surface area contributed by atoms with E-state index in [0.717, 1.165) is 23.8 Å². The van der Waals surface area contributed by atoms with Gasteiger partial charge in [0.05, 0.1) is 0 Å². The molecule has 0 radical (unpaired) electrons. The van der Waals surface area contributed by atoms with Crippen LogP contribution in [0.15, 0.2) is 18.2 Å². The van der Waals surface area contributed by atoms with E-state index in [1.165, 1.54) is 18.4 Å². The Hall–Kier alpha value is -0.930. The van der Waals surface area contributed by atoms with Gasteiger partial charge in [0, 0.05) is 12.1 Å².